The fourth-order valence-electron chi connectivity index (χ4n) is 1.52. The van der Waals surface area contributed by atoms with Crippen LogP contribution in [0, 0.1) is 24.7 Å². The third kappa shape index (κ3) is 2.62. The molecule has 0 saturated carbocycles. The van der Waals surface area contributed by atoms with E-state index in [0.717, 1.165) is 11.1 Å². The van der Waals surface area contributed by atoms with Crippen LogP contribution >= 0.6 is 0 Å². The van der Waals surface area contributed by atoms with Crippen molar-refractivity contribution in [1.82, 2.24) is 0 Å². The molecule has 0 unspecified atom stereocenters. The maximum atomic E-state index is 5.50. The Balaban J connectivity index is 2.40. The fourth-order valence-corrected chi connectivity index (χ4v) is 3.82. The zero-order valence-corrected chi connectivity index (χ0v) is 11.1. The van der Waals surface area contributed by atoms with Crippen LogP contribution in [0.15, 0.2) is 48.5 Å². The van der Waals surface area contributed by atoms with Crippen molar-refractivity contribution in [3.8, 4) is 24.7 Å². The second-order valence-corrected chi connectivity index (χ2v) is 5.93. The van der Waals surface area contributed by atoms with Crippen molar-refractivity contribution in [3.05, 3.63) is 59.7 Å². The average molecular weight is 277 g/mol. The summed E-state index contributed by atoms with van der Waals surface area (Å²) in [5.41, 5.74) is 1.94. The van der Waals surface area contributed by atoms with E-state index in [9.17, 15) is 0 Å². The Hall–Kier alpha value is -1.88. The van der Waals surface area contributed by atoms with Crippen LogP contribution in [0.3, 0.4) is 0 Å². The van der Waals surface area contributed by atoms with Gasteiger partial charge < -0.3 is 0 Å². The van der Waals surface area contributed by atoms with Gasteiger partial charge in [-0.1, -0.05) is 0 Å². The molecule has 1 radical (unpaired) electrons. The molecule has 0 fully saturated rings. The van der Waals surface area contributed by atoms with Crippen LogP contribution in [0.5, 0.6) is 0 Å². The summed E-state index contributed by atoms with van der Waals surface area (Å²) < 4.78 is 2.46. The van der Waals surface area contributed by atoms with E-state index in [1.165, 1.54) is 8.70 Å². The number of rotatable bonds is 2. The summed E-state index contributed by atoms with van der Waals surface area (Å²) in [6.07, 6.45) is 11.0. The van der Waals surface area contributed by atoms with Crippen LogP contribution in [-0.4, -0.2) is 15.8 Å². The number of terminal acetylenes is 2. The third-order valence-corrected chi connectivity index (χ3v) is 5.01. The summed E-state index contributed by atoms with van der Waals surface area (Å²) in [5.74, 6) is 5.45. The van der Waals surface area contributed by atoms with Gasteiger partial charge in [0.15, 0.2) is 0 Å². The first-order chi connectivity index (χ1) is 8.35. The molecule has 0 bridgehead atoms. The molecular formula is C16H10As. The van der Waals surface area contributed by atoms with E-state index >= 15 is 0 Å². The Kier molecular flexibility index (Phi) is 3.72. The van der Waals surface area contributed by atoms with Crippen LogP contribution < -0.4 is 8.70 Å². The number of hydrogen-bond donors (Lipinski definition) is 0. The molecule has 0 saturated heterocycles. The van der Waals surface area contributed by atoms with Gasteiger partial charge in [-0.25, -0.2) is 0 Å². The second kappa shape index (κ2) is 5.45. The Morgan fingerprint density at radius 1 is 0.706 bits per heavy atom. The van der Waals surface area contributed by atoms with Gasteiger partial charge in [-0.2, -0.15) is 0 Å². The van der Waals surface area contributed by atoms with Crippen molar-refractivity contribution < 1.29 is 0 Å². The van der Waals surface area contributed by atoms with E-state index in [-0.39, 0.29) is 15.8 Å². The topological polar surface area (TPSA) is 0 Å². The first-order valence-corrected chi connectivity index (χ1v) is 7.06. The molecule has 0 spiro atoms. The predicted octanol–water partition coefficient (Wildman–Crippen LogP) is 1.30. The average Bonchev–Trinajstić information content (AvgIpc) is 2.40. The molecule has 0 aliphatic carbocycles. The van der Waals surface area contributed by atoms with E-state index < -0.39 is 0 Å². The van der Waals surface area contributed by atoms with Gasteiger partial charge in [0, 0.05) is 0 Å². The zero-order valence-electron chi connectivity index (χ0n) is 9.22. The van der Waals surface area contributed by atoms with Gasteiger partial charge in [-0.3, -0.25) is 0 Å². The second-order valence-electron chi connectivity index (χ2n) is 3.43. The molecule has 0 aliphatic heterocycles. The van der Waals surface area contributed by atoms with Crippen molar-refractivity contribution in [3.63, 3.8) is 0 Å². The summed E-state index contributed by atoms with van der Waals surface area (Å²) in [4.78, 5) is 0. The summed E-state index contributed by atoms with van der Waals surface area (Å²) in [6, 6.07) is 16.1. The number of benzene rings is 2. The summed E-state index contributed by atoms with van der Waals surface area (Å²) >= 11 is -0.151. The van der Waals surface area contributed by atoms with Crippen molar-refractivity contribution in [2.75, 3.05) is 0 Å². The quantitative estimate of drug-likeness (QED) is 0.573. The minimum absolute atomic E-state index is 0.151. The predicted molar refractivity (Wildman–Crippen MR) is 73.8 cm³/mol. The molecule has 0 aliphatic rings. The molecule has 17 heavy (non-hydrogen) atoms. The molecule has 2 aromatic rings. The van der Waals surface area contributed by atoms with Crippen LogP contribution in [0.25, 0.3) is 0 Å². The van der Waals surface area contributed by atoms with Gasteiger partial charge in [0.2, 0.25) is 0 Å². The fraction of sp³-hybridized carbons (Fsp3) is 0. The zero-order chi connectivity index (χ0) is 12.1. The maximum absolute atomic E-state index is 5.50. The normalized spacial score (nSPS) is 9.29. The summed E-state index contributed by atoms with van der Waals surface area (Å²) in [5, 5.41) is 0. The van der Waals surface area contributed by atoms with Gasteiger partial charge in [0.25, 0.3) is 0 Å². The van der Waals surface area contributed by atoms with Gasteiger partial charge >= 0.3 is 109 Å². The standard InChI is InChI=1S/C16H10As/c1-3-13-9-5-7-11-15(13)17-16-12-8-6-10-14(16)4-2/h1-2,5-12H. The van der Waals surface area contributed by atoms with E-state index in [2.05, 4.69) is 24.0 Å². The molecule has 0 atom stereocenters. The third-order valence-electron chi connectivity index (χ3n) is 2.36. The van der Waals surface area contributed by atoms with E-state index in [1.807, 2.05) is 36.4 Å². The monoisotopic (exact) mass is 277 g/mol. The molecule has 2 aromatic carbocycles. The number of hydrogen-bond acceptors (Lipinski definition) is 0. The van der Waals surface area contributed by atoms with Crippen molar-refractivity contribution in [2.45, 2.75) is 0 Å². The molecule has 0 amide bonds. The van der Waals surface area contributed by atoms with Gasteiger partial charge in [-0.05, 0) is 0 Å². The van der Waals surface area contributed by atoms with E-state index in [1.54, 1.807) is 0 Å². The molecule has 79 valence electrons. The first-order valence-electron chi connectivity index (χ1n) is 5.18. The van der Waals surface area contributed by atoms with Gasteiger partial charge in [0.05, 0.1) is 0 Å². The van der Waals surface area contributed by atoms with Crippen LogP contribution in [0.4, 0.5) is 0 Å². The minimum atomic E-state index is -0.151. The van der Waals surface area contributed by atoms with Crippen molar-refractivity contribution in [1.29, 1.82) is 0 Å². The van der Waals surface area contributed by atoms with Gasteiger partial charge in [-0.15, -0.1) is 0 Å². The van der Waals surface area contributed by atoms with E-state index in [4.69, 9.17) is 12.8 Å². The van der Waals surface area contributed by atoms with Crippen LogP contribution in [0.2, 0.25) is 0 Å². The molecule has 0 heterocycles. The Morgan fingerprint density at radius 2 is 1.12 bits per heavy atom. The molecule has 0 N–H and O–H groups in total. The van der Waals surface area contributed by atoms with Gasteiger partial charge in [0.1, 0.15) is 0 Å². The molecular weight excluding hydrogens is 267 g/mol. The molecule has 0 nitrogen and oxygen atoms in total. The van der Waals surface area contributed by atoms with Crippen molar-refractivity contribution >= 4 is 24.5 Å². The molecule has 1 heteroatoms. The Morgan fingerprint density at radius 3 is 1.53 bits per heavy atom. The van der Waals surface area contributed by atoms with E-state index in [0.29, 0.717) is 0 Å². The Labute approximate surface area is 109 Å². The SMILES string of the molecule is C#Cc1ccccc1[As]c1ccccc1C#C. The molecule has 0 aromatic heterocycles. The Bertz CT molecular complexity index is 556. The van der Waals surface area contributed by atoms with Crippen molar-refractivity contribution in [2.24, 2.45) is 0 Å². The first kappa shape index (κ1) is 11.6. The molecule has 2 rings (SSSR count). The van der Waals surface area contributed by atoms with Crippen LogP contribution in [0.1, 0.15) is 11.1 Å². The van der Waals surface area contributed by atoms with Crippen LogP contribution in [-0.2, 0) is 0 Å². The summed E-state index contributed by atoms with van der Waals surface area (Å²) in [7, 11) is 0. The summed E-state index contributed by atoms with van der Waals surface area (Å²) in [6.45, 7) is 0.